The lowest BCUT2D eigenvalue weighted by Crippen LogP contribution is -2.26. The van der Waals surface area contributed by atoms with Crippen molar-refractivity contribution < 1.29 is 14.3 Å². The molecule has 0 radical (unpaired) electrons. The molecule has 0 bridgehead atoms. The van der Waals surface area contributed by atoms with Crippen LogP contribution in [0.3, 0.4) is 0 Å². The van der Waals surface area contributed by atoms with E-state index < -0.39 is 5.41 Å². The van der Waals surface area contributed by atoms with Crippen molar-refractivity contribution in [1.29, 1.82) is 0 Å². The Morgan fingerprint density at radius 3 is 2.56 bits per heavy atom. The molecule has 0 unspecified atom stereocenters. The van der Waals surface area contributed by atoms with Gasteiger partial charge in [0.25, 0.3) is 0 Å². The third-order valence-corrected chi connectivity index (χ3v) is 4.36. The smallest absolute Gasteiger partial charge is 0.320 e. The summed E-state index contributed by atoms with van der Waals surface area (Å²) in [6.07, 6.45) is 1.23. The van der Waals surface area contributed by atoms with Crippen LogP contribution in [-0.2, 0) is 14.3 Å². The molecule has 0 heterocycles. The van der Waals surface area contributed by atoms with E-state index in [1.165, 1.54) is 0 Å². The second-order valence-corrected chi connectivity index (χ2v) is 5.47. The van der Waals surface area contributed by atoms with E-state index in [2.05, 4.69) is 0 Å². The number of thioether (sulfide) groups is 1. The number of carbonyl (C=O) groups excluding carboxylic acids is 2. The first-order valence-corrected chi connectivity index (χ1v) is 6.87. The highest BCUT2D eigenvalue weighted by atomic mass is 32.2. The fourth-order valence-corrected chi connectivity index (χ4v) is 2.81. The minimum Gasteiger partial charge on any atom is -0.465 e. The Hall–Kier alpha value is -1.29. The molecular weight excluding hydrogens is 248 g/mol. The molecule has 1 fully saturated rings. The second kappa shape index (κ2) is 5.14. The van der Waals surface area contributed by atoms with E-state index in [9.17, 15) is 9.59 Å². The van der Waals surface area contributed by atoms with E-state index in [0.29, 0.717) is 19.4 Å². The van der Waals surface area contributed by atoms with E-state index in [1.807, 2.05) is 31.2 Å². The van der Waals surface area contributed by atoms with Crippen molar-refractivity contribution in [2.75, 3.05) is 6.61 Å². The number of esters is 1. The van der Waals surface area contributed by atoms with Gasteiger partial charge in [0.1, 0.15) is 5.41 Å². The van der Waals surface area contributed by atoms with Gasteiger partial charge in [0.15, 0.2) is 0 Å². The zero-order valence-electron chi connectivity index (χ0n) is 10.6. The Morgan fingerprint density at radius 2 is 2.00 bits per heavy atom. The van der Waals surface area contributed by atoms with Crippen LogP contribution in [0.25, 0.3) is 0 Å². The lowest BCUT2D eigenvalue weighted by atomic mass is 10.1. The van der Waals surface area contributed by atoms with Crippen LogP contribution >= 0.6 is 11.8 Å². The van der Waals surface area contributed by atoms with Crippen LogP contribution in [0.2, 0.25) is 0 Å². The maximum absolute atomic E-state index is 12.2. The van der Waals surface area contributed by atoms with E-state index in [1.54, 1.807) is 6.92 Å². The maximum Gasteiger partial charge on any atom is 0.320 e. The average Bonchev–Trinajstić information content (AvgIpc) is 3.14. The monoisotopic (exact) mass is 264 g/mol. The first-order chi connectivity index (χ1) is 8.60. The zero-order chi connectivity index (χ0) is 13.2. The molecule has 4 heteroatoms. The molecule has 1 saturated carbocycles. The molecule has 0 aromatic heterocycles. The van der Waals surface area contributed by atoms with Gasteiger partial charge in [-0.05, 0) is 38.3 Å². The highest BCUT2D eigenvalue weighted by Gasteiger charge is 2.57. The number of aryl methyl sites for hydroxylation is 1. The molecule has 2 rings (SSSR count). The van der Waals surface area contributed by atoms with Crippen molar-refractivity contribution in [2.24, 2.45) is 5.41 Å². The fourth-order valence-electron chi connectivity index (χ4n) is 1.75. The van der Waals surface area contributed by atoms with Crippen molar-refractivity contribution in [3.8, 4) is 0 Å². The van der Waals surface area contributed by atoms with Gasteiger partial charge < -0.3 is 4.74 Å². The van der Waals surface area contributed by atoms with Crippen LogP contribution in [-0.4, -0.2) is 17.7 Å². The summed E-state index contributed by atoms with van der Waals surface area (Å²) >= 11 is 1.15. The van der Waals surface area contributed by atoms with Crippen LogP contribution in [0, 0.1) is 12.3 Å². The summed E-state index contributed by atoms with van der Waals surface area (Å²) in [6.45, 7) is 4.04. The number of rotatable bonds is 4. The molecule has 3 nitrogen and oxygen atoms in total. The van der Waals surface area contributed by atoms with Gasteiger partial charge >= 0.3 is 5.97 Å². The molecule has 18 heavy (non-hydrogen) atoms. The number of hydrogen-bond donors (Lipinski definition) is 0. The van der Waals surface area contributed by atoms with Crippen molar-refractivity contribution in [1.82, 2.24) is 0 Å². The molecule has 1 aliphatic rings. The molecule has 0 aliphatic heterocycles. The van der Waals surface area contributed by atoms with Gasteiger partial charge in [-0.2, -0.15) is 0 Å². The van der Waals surface area contributed by atoms with Crippen molar-refractivity contribution in [2.45, 2.75) is 31.6 Å². The summed E-state index contributed by atoms with van der Waals surface area (Å²) in [7, 11) is 0. The van der Waals surface area contributed by atoms with E-state index in [4.69, 9.17) is 4.74 Å². The summed E-state index contributed by atoms with van der Waals surface area (Å²) in [4.78, 5) is 24.9. The summed E-state index contributed by atoms with van der Waals surface area (Å²) in [5.41, 5.74) is 0.179. The Labute approximate surface area is 111 Å². The standard InChI is InChI=1S/C14H16O3S/c1-3-17-12(15)14(8-9-14)13(16)18-11-7-5-4-6-10(11)2/h4-7H,3,8-9H2,1-2H3. The minimum atomic E-state index is -0.872. The van der Waals surface area contributed by atoms with Crippen LogP contribution in [0.5, 0.6) is 0 Å². The van der Waals surface area contributed by atoms with Gasteiger partial charge in [0.05, 0.1) is 6.61 Å². The summed E-state index contributed by atoms with van der Waals surface area (Å²) in [5.74, 6) is -0.365. The van der Waals surface area contributed by atoms with Crippen LogP contribution in [0.1, 0.15) is 25.3 Å². The molecule has 0 spiro atoms. The van der Waals surface area contributed by atoms with E-state index in [0.717, 1.165) is 22.2 Å². The number of carbonyl (C=O) groups is 2. The fraction of sp³-hybridized carbons (Fsp3) is 0.429. The molecule has 1 aliphatic carbocycles. The average molecular weight is 264 g/mol. The van der Waals surface area contributed by atoms with Crippen molar-refractivity contribution in [3.63, 3.8) is 0 Å². The molecule has 0 saturated heterocycles. The molecule has 0 N–H and O–H groups in total. The highest BCUT2D eigenvalue weighted by Crippen LogP contribution is 2.51. The van der Waals surface area contributed by atoms with Crippen molar-refractivity contribution in [3.05, 3.63) is 29.8 Å². The Kier molecular flexibility index (Phi) is 3.76. The highest BCUT2D eigenvalue weighted by molar-refractivity contribution is 8.13. The molecule has 96 valence electrons. The first-order valence-electron chi connectivity index (χ1n) is 6.05. The molecule has 0 amide bonds. The van der Waals surface area contributed by atoms with Crippen LogP contribution in [0.4, 0.5) is 0 Å². The largest absolute Gasteiger partial charge is 0.465 e. The van der Waals surface area contributed by atoms with Gasteiger partial charge in [-0.1, -0.05) is 30.0 Å². The van der Waals surface area contributed by atoms with Crippen LogP contribution < -0.4 is 0 Å². The quantitative estimate of drug-likeness (QED) is 0.476. The van der Waals surface area contributed by atoms with Gasteiger partial charge in [0, 0.05) is 4.90 Å². The second-order valence-electron chi connectivity index (χ2n) is 4.46. The third kappa shape index (κ3) is 2.43. The normalized spacial score (nSPS) is 16.1. The first kappa shape index (κ1) is 13.1. The van der Waals surface area contributed by atoms with Gasteiger partial charge in [-0.3, -0.25) is 9.59 Å². The summed E-state index contributed by atoms with van der Waals surface area (Å²) < 4.78 is 4.99. The SMILES string of the molecule is CCOC(=O)C1(C(=O)Sc2ccccc2C)CC1. The van der Waals surface area contributed by atoms with Crippen LogP contribution in [0.15, 0.2) is 29.2 Å². The number of hydrogen-bond acceptors (Lipinski definition) is 4. The Balaban J connectivity index is 2.09. The topological polar surface area (TPSA) is 43.4 Å². The lowest BCUT2D eigenvalue weighted by Gasteiger charge is -2.12. The van der Waals surface area contributed by atoms with E-state index >= 15 is 0 Å². The molecule has 1 aromatic rings. The molecular formula is C14H16O3S. The zero-order valence-corrected chi connectivity index (χ0v) is 11.4. The number of benzene rings is 1. The van der Waals surface area contributed by atoms with Crippen molar-refractivity contribution >= 4 is 22.8 Å². The van der Waals surface area contributed by atoms with E-state index in [-0.39, 0.29) is 11.1 Å². The molecule has 1 aromatic carbocycles. The number of ether oxygens (including phenoxy) is 1. The van der Waals surface area contributed by atoms with Gasteiger partial charge in [0.2, 0.25) is 5.12 Å². The summed E-state index contributed by atoms with van der Waals surface area (Å²) in [6, 6.07) is 7.69. The Bertz CT molecular complexity index is 478. The minimum absolute atomic E-state index is 0.0877. The molecule has 0 atom stereocenters. The predicted octanol–water partition coefficient (Wildman–Crippen LogP) is 2.96. The third-order valence-electron chi connectivity index (χ3n) is 3.10. The predicted molar refractivity (Wildman–Crippen MR) is 70.3 cm³/mol. The Morgan fingerprint density at radius 1 is 1.33 bits per heavy atom. The maximum atomic E-state index is 12.2. The van der Waals surface area contributed by atoms with Gasteiger partial charge in [-0.25, -0.2) is 0 Å². The summed E-state index contributed by atoms with van der Waals surface area (Å²) in [5, 5.41) is -0.0877. The lowest BCUT2D eigenvalue weighted by molar-refractivity contribution is -0.151. The van der Waals surface area contributed by atoms with Gasteiger partial charge in [-0.15, -0.1) is 0 Å².